The largest absolute Gasteiger partial charge is 0.448 e. The molecule has 1 unspecified atom stereocenters. The summed E-state index contributed by atoms with van der Waals surface area (Å²) in [6.07, 6.45) is 3.32. The summed E-state index contributed by atoms with van der Waals surface area (Å²) in [5.41, 5.74) is 2.01. The van der Waals surface area contributed by atoms with Crippen molar-refractivity contribution in [3.05, 3.63) is 49.9 Å². The molecule has 3 amide bonds. The number of ether oxygens (including phenoxy) is 2. The molecule has 2 aliphatic heterocycles. The molecule has 4 rings (SSSR count). The van der Waals surface area contributed by atoms with Gasteiger partial charge in [-0.05, 0) is 45.1 Å². The van der Waals surface area contributed by atoms with E-state index >= 15 is 0 Å². The van der Waals surface area contributed by atoms with E-state index in [0.29, 0.717) is 54.1 Å². The molecule has 0 aliphatic carbocycles. The van der Waals surface area contributed by atoms with Gasteiger partial charge in [0.25, 0.3) is 17.3 Å². The number of H-pyrrole nitrogens is 1. The maximum Gasteiger partial charge on any atom is 0.317 e. The summed E-state index contributed by atoms with van der Waals surface area (Å²) in [4.78, 5) is 42.9. The summed E-state index contributed by atoms with van der Waals surface area (Å²) < 4.78 is 12.6. The van der Waals surface area contributed by atoms with Crippen molar-refractivity contribution in [2.75, 3.05) is 26.4 Å². The number of hydrogen-bond acceptors (Lipinski definition) is 6. The second-order valence-corrected chi connectivity index (χ2v) is 10.5. The van der Waals surface area contributed by atoms with Crippen molar-refractivity contribution in [2.24, 2.45) is 5.92 Å². The minimum atomic E-state index is -0.955. The van der Waals surface area contributed by atoms with Crippen LogP contribution in [0.5, 0.6) is 11.5 Å². The Kier molecular flexibility index (Phi) is 7.47. The standard InChI is InChI=1S/C25H31ClN4O5S/c1-13-10-19(36-5)17(23(32)29-13)12-28-22(31)16-11-18(26)21-20(14(16)2)34-25(3,35-21)15-6-8-30(9-7-15)24(33)27-4/h10-11,15H,6-9,12H2,1-5H3,(H,27,33)(H,28,31)(H,29,32). The monoisotopic (exact) mass is 534 g/mol. The Labute approximate surface area is 219 Å². The topological polar surface area (TPSA) is 113 Å². The number of aromatic amines is 1. The first-order valence-corrected chi connectivity index (χ1v) is 13.4. The fraction of sp³-hybridized carbons (Fsp3) is 0.480. The maximum absolute atomic E-state index is 13.1. The highest BCUT2D eigenvalue weighted by Crippen LogP contribution is 2.51. The second-order valence-electron chi connectivity index (χ2n) is 9.24. The van der Waals surface area contributed by atoms with Crippen molar-refractivity contribution in [3.8, 4) is 11.5 Å². The number of aryl methyl sites for hydroxylation is 1. The average molecular weight is 535 g/mol. The van der Waals surface area contributed by atoms with Crippen LogP contribution in [0.15, 0.2) is 21.8 Å². The molecule has 0 spiro atoms. The predicted molar refractivity (Wildman–Crippen MR) is 139 cm³/mol. The fourth-order valence-corrected chi connectivity index (χ4v) is 5.75. The van der Waals surface area contributed by atoms with Crippen LogP contribution in [0.2, 0.25) is 5.02 Å². The van der Waals surface area contributed by atoms with E-state index in [-0.39, 0.29) is 35.0 Å². The number of halogens is 1. The lowest BCUT2D eigenvalue weighted by atomic mass is 9.89. The van der Waals surface area contributed by atoms with E-state index in [1.807, 2.05) is 26.2 Å². The van der Waals surface area contributed by atoms with Crippen LogP contribution in [0.3, 0.4) is 0 Å². The molecule has 1 aromatic carbocycles. The van der Waals surface area contributed by atoms with Crippen LogP contribution >= 0.6 is 23.4 Å². The van der Waals surface area contributed by atoms with Gasteiger partial charge in [-0.1, -0.05) is 11.6 Å². The predicted octanol–water partition coefficient (Wildman–Crippen LogP) is 3.84. The van der Waals surface area contributed by atoms with Crippen LogP contribution in [0.4, 0.5) is 4.79 Å². The third-order valence-electron chi connectivity index (χ3n) is 6.91. The van der Waals surface area contributed by atoms with E-state index < -0.39 is 5.79 Å². The smallest absolute Gasteiger partial charge is 0.317 e. The van der Waals surface area contributed by atoms with Gasteiger partial charge in [0, 0.05) is 66.8 Å². The summed E-state index contributed by atoms with van der Waals surface area (Å²) in [6.45, 7) is 6.76. The molecule has 1 saturated heterocycles. The molecule has 1 aromatic heterocycles. The Morgan fingerprint density at radius 3 is 2.53 bits per heavy atom. The number of carbonyl (C=O) groups excluding carboxylic acids is 2. The zero-order valence-electron chi connectivity index (χ0n) is 21.0. The SMILES string of the molecule is CNC(=O)N1CCC(C2(C)Oc3c(Cl)cc(C(=O)NCc4c(SC)cc(C)[nH]c4=O)c(C)c3O2)CC1. The van der Waals surface area contributed by atoms with Gasteiger partial charge in [0.1, 0.15) is 0 Å². The number of likely N-dealkylation sites (tertiary alicyclic amines) is 1. The third-order valence-corrected chi connectivity index (χ3v) is 7.99. The number of carbonyl (C=O) groups is 2. The summed E-state index contributed by atoms with van der Waals surface area (Å²) in [7, 11) is 1.62. The van der Waals surface area contributed by atoms with Crippen molar-refractivity contribution < 1.29 is 19.1 Å². The number of amides is 3. The number of aromatic nitrogens is 1. The Hall–Kier alpha value is -2.85. The van der Waals surface area contributed by atoms with E-state index in [0.717, 1.165) is 10.6 Å². The number of urea groups is 1. The van der Waals surface area contributed by atoms with Crippen molar-refractivity contribution in [3.63, 3.8) is 0 Å². The van der Waals surface area contributed by atoms with E-state index in [4.69, 9.17) is 21.1 Å². The Balaban J connectivity index is 1.51. The van der Waals surface area contributed by atoms with E-state index in [1.165, 1.54) is 11.8 Å². The number of nitrogens with zero attached hydrogens (tertiary/aromatic N) is 1. The summed E-state index contributed by atoms with van der Waals surface area (Å²) in [5.74, 6) is -0.413. The summed E-state index contributed by atoms with van der Waals surface area (Å²) in [5, 5.41) is 5.78. The van der Waals surface area contributed by atoms with Gasteiger partial charge in [0.05, 0.1) is 5.02 Å². The highest BCUT2D eigenvalue weighted by Gasteiger charge is 2.47. The zero-order chi connectivity index (χ0) is 26.2. The van der Waals surface area contributed by atoms with E-state index in [9.17, 15) is 14.4 Å². The molecule has 9 nitrogen and oxygen atoms in total. The highest BCUT2D eigenvalue weighted by molar-refractivity contribution is 7.98. The van der Waals surface area contributed by atoms with Gasteiger partial charge in [-0.15, -0.1) is 11.8 Å². The van der Waals surface area contributed by atoms with Gasteiger partial charge in [-0.3, -0.25) is 9.59 Å². The van der Waals surface area contributed by atoms with E-state index in [2.05, 4.69) is 15.6 Å². The average Bonchev–Trinajstić information content (AvgIpc) is 3.24. The van der Waals surface area contributed by atoms with Crippen molar-refractivity contribution >= 4 is 35.3 Å². The van der Waals surface area contributed by atoms with Crippen LogP contribution in [0, 0.1) is 19.8 Å². The molecule has 2 aliphatic rings. The van der Waals surface area contributed by atoms with Crippen molar-refractivity contribution in [1.82, 2.24) is 20.5 Å². The molecule has 0 bridgehead atoms. The van der Waals surface area contributed by atoms with Crippen LogP contribution in [-0.4, -0.2) is 54.0 Å². The molecule has 2 aromatic rings. The quantitative estimate of drug-likeness (QED) is 0.502. The number of pyridine rings is 1. The van der Waals surface area contributed by atoms with Gasteiger partial charge < -0.3 is 30.0 Å². The van der Waals surface area contributed by atoms with Gasteiger partial charge in [0.15, 0.2) is 11.5 Å². The molecule has 36 heavy (non-hydrogen) atoms. The number of benzene rings is 1. The number of hydrogen-bond donors (Lipinski definition) is 3. The Bertz CT molecular complexity index is 1260. The lowest BCUT2D eigenvalue weighted by Gasteiger charge is -2.38. The van der Waals surface area contributed by atoms with Crippen molar-refractivity contribution in [1.29, 1.82) is 0 Å². The molecule has 3 heterocycles. The number of nitrogens with one attached hydrogen (secondary N) is 3. The fourth-order valence-electron chi connectivity index (χ4n) is 4.81. The first kappa shape index (κ1) is 26.2. The molecule has 11 heteroatoms. The summed E-state index contributed by atoms with van der Waals surface area (Å²) >= 11 is 8.00. The number of fused-ring (bicyclic) bond motifs is 1. The van der Waals surface area contributed by atoms with Gasteiger partial charge in [-0.2, -0.15) is 0 Å². The first-order valence-electron chi connectivity index (χ1n) is 11.8. The van der Waals surface area contributed by atoms with Gasteiger partial charge in [-0.25, -0.2) is 4.79 Å². The Morgan fingerprint density at radius 2 is 1.89 bits per heavy atom. The third kappa shape index (κ3) is 4.88. The van der Waals surface area contributed by atoms with E-state index in [1.54, 1.807) is 24.9 Å². The van der Waals surface area contributed by atoms with Gasteiger partial charge in [0.2, 0.25) is 0 Å². The molecular weight excluding hydrogens is 504 g/mol. The number of rotatable bonds is 5. The second kappa shape index (κ2) is 10.3. The van der Waals surface area contributed by atoms with Crippen molar-refractivity contribution in [2.45, 2.75) is 50.8 Å². The molecule has 194 valence electrons. The highest BCUT2D eigenvalue weighted by atomic mass is 35.5. The number of thioether (sulfide) groups is 1. The normalized spacial score (nSPS) is 19.3. The van der Waals surface area contributed by atoms with Crippen LogP contribution in [0.1, 0.15) is 46.9 Å². The van der Waals surface area contributed by atoms with Crippen LogP contribution < -0.4 is 25.7 Å². The lowest BCUT2D eigenvalue weighted by molar-refractivity contribution is -0.122. The molecular formula is C25H31ClN4O5S. The molecule has 0 radical (unpaired) electrons. The zero-order valence-corrected chi connectivity index (χ0v) is 22.6. The first-order chi connectivity index (χ1) is 17.1. The molecule has 3 N–H and O–H groups in total. The minimum Gasteiger partial charge on any atom is -0.448 e. The molecule has 0 saturated carbocycles. The Morgan fingerprint density at radius 1 is 1.22 bits per heavy atom. The molecule has 1 fully saturated rings. The number of piperidine rings is 1. The van der Waals surface area contributed by atoms with Crippen LogP contribution in [0.25, 0.3) is 0 Å². The summed E-state index contributed by atoms with van der Waals surface area (Å²) in [6, 6.07) is 3.36. The van der Waals surface area contributed by atoms with Crippen LogP contribution in [-0.2, 0) is 6.54 Å². The maximum atomic E-state index is 13.1. The molecule has 1 atom stereocenters. The van der Waals surface area contributed by atoms with Gasteiger partial charge >= 0.3 is 6.03 Å². The lowest BCUT2D eigenvalue weighted by Crippen LogP contribution is -2.51. The minimum absolute atomic E-state index is 0.0387.